The monoisotopic (exact) mass is 322 g/mol. The highest BCUT2D eigenvalue weighted by Gasteiger charge is 2.05. The zero-order valence-electron chi connectivity index (χ0n) is 13.3. The van der Waals surface area contributed by atoms with Gasteiger partial charge in [0.1, 0.15) is 0 Å². The molecule has 0 unspecified atom stereocenters. The van der Waals surface area contributed by atoms with Crippen LogP contribution in [0.5, 0.6) is 0 Å². The summed E-state index contributed by atoms with van der Waals surface area (Å²) in [6.45, 7) is 1.45. The summed E-state index contributed by atoms with van der Waals surface area (Å²) in [6, 6.07) is 13.0. The smallest absolute Gasteiger partial charge is 0.224 e. The molecule has 3 rings (SSSR count). The Bertz CT molecular complexity index is 868. The van der Waals surface area contributed by atoms with E-state index in [9.17, 15) is 9.59 Å². The molecule has 3 aromatic rings. The number of amides is 2. The lowest BCUT2D eigenvalue weighted by atomic mass is 10.1. The number of H-pyrrole nitrogens is 1. The van der Waals surface area contributed by atoms with Crippen molar-refractivity contribution in [2.24, 2.45) is 0 Å². The van der Waals surface area contributed by atoms with Crippen molar-refractivity contribution in [3.8, 4) is 0 Å². The van der Waals surface area contributed by atoms with Crippen molar-refractivity contribution < 1.29 is 9.59 Å². The Kier molecular flexibility index (Phi) is 4.56. The zero-order valence-corrected chi connectivity index (χ0v) is 13.3. The normalized spacial score (nSPS) is 10.5. The number of aryl methyl sites for hydroxylation is 1. The summed E-state index contributed by atoms with van der Waals surface area (Å²) in [5, 5.41) is 5.54. The van der Waals surface area contributed by atoms with E-state index in [4.69, 9.17) is 0 Å². The third kappa shape index (κ3) is 3.98. The van der Waals surface area contributed by atoms with E-state index in [0.717, 1.165) is 16.6 Å². The number of aromatic amines is 1. The van der Waals surface area contributed by atoms with E-state index in [-0.39, 0.29) is 11.8 Å². The van der Waals surface area contributed by atoms with Crippen molar-refractivity contribution in [1.82, 2.24) is 9.97 Å². The highest BCUT2D eigenvalue weighted by atomic mass is 16.2. The van der Waals surface area contributed by atoms with Gasteiger partial charge in [0.25, 0.3) is 0 Å². The first-order valence-corrected chi connectivity index (χ1v) is 7.70. The predicted octanol–water partition coefficient (Wildman–Crippen LogP) is 3.09. The Morgan fingerprint density at radius 2 is 1.75 bits per heavy atom. The van der Waals surface area contributed by atoms with E-state index in [1.807, 2.05) is 18.2 Å². The van der Waals surface area contributed by atoms with Gasteiger partial charge < -0.3 is 15.6 Å². The number of anilines is 2. The van der Waals surface area contributed by atoms with Crippen LogP contribution in [-0.2, 0) is 16.0 Å². The minimum atomic E-state index is -0.124. The molecule has 0 bridgehead atoms. The van der Waals surface area contributed by atoms with Gasteiger partial charge in [0.15, 0.2) is 0 Å². The number of fused-ring (bicyclic) bond motifs is 1. The van der Waals surface area contributed by atoms with E-state index >= 15 is 0 Å². The molecule has 2 aromatic carbocycles. The molecule has 3 N–H and O–H groups in total. The van der Waals surface area contributed by atoms with E-state index in [2.05, 4.69) is 20.6 Å². The molecule has 0 aliphatic rings. The van der Waals surface area contributed by atoms with Gasteiger partial charge in [0.05, 0.1) is 17.4 Å². The summed E-state index contributed by atoms with van der Waals surface area (Å²) in [5.41, 5.74) is 4.39. The van der Waals surface area contributed by atoms with Crippen LogP contribution < -0.4 is 10.6 Å². The van der Waals surface area contributed by atoms with Gasteiger partial charge in [-0.15, -0.1) is 0 Å². The summed E-state index contributed by atoms with van der Waals surface area (Å²) in [7, 11) is 0. The Hall–Kier alpha value is -3.15. The number of carbonyl (C=O) groups excluding carboxylic acids is 2. The van der Waals surface area contributed by atoms with Crippen molar-refractivity contribution in [2.75, 3.05) is 10.6 Å². The lowest BCUT2D eigenvalue weighted by Crippen LogP contribution is -2.12. The highest BCUT2D eigenvalue weighted by Crippen LogP contribution is 2.15. The van der Waals surface area contributed by atoms with E-state index in [1.165, 1.54) is 6.92 Å². The molecule has 0 radical (unpaired) electrons. The number of hydrogen-bond acceptors (Lipinski definition) is 3. The number of benzene rings is 2. The van der Waals surface area contributed by atoms with Gasteiger partial charge in [-0.05, 0) is 48.4 Å². The average Bonchev–Trinajstić information content (AvgIpc) is 3.02. The van der Waals surface area contributed by atoms with Crippen LogP contribution in [0.4, 0.5) is 11.4 Å². The molecule has 0 spiro atoms. The first kappa shape index (κ1) is 15.7. The number of imidazole rings is 1. The first-order valence-electron chi connectivity index (χ1n) is 7.70. The fraction of sp³-hybridized carbons (Fsp3) is 0.167. The number of aromatic nitrogens is 2. The topological polar surface area (TPSA) is 86.9 Å². The zero-order chi connectivity index (χ0) is 16.9. The summed E-state index contributed by atoms with van der Waals surface area (Å²) in [6.07, 6.45) is 2.71. The lowest BCUT2D eigenvalue weighted by molar-refractivity contribution is -0.116. The van der Waals surface area contributed by atoms with Gasteiger partial charge in [0.2, 0.25) is 11.8 Å². The molecule has 6 nitrogen and oxygen atoms in total. The third-order valence-corrected chi connectivity index (χ3v) is 3.61. The van der Waals surface area contributed by atoms with Crippen molar-refractivity contribution >= 4 is 34.2 Å². The summed E-state index contributed by atoms with van der Waals surface area (Å²) in [5.74, 6) is -0.173. The molecule has 122 valence electrons. The van der Waals surface area contributed by atoms with Crippen LogP contribution in [0.15, 0.2) is 48.8 Å². The van der Waals surface area contributed by atoms with E-state index in [1.54, 1.807) is 30.6 Å². The van der Waals surface area contributed by atoms with Gasteiger partial charge >= 0.3 is 0 Å². The minimum Gasteiger partial charge on any atom is -0.345 e. The van der Waals surface area contributed by atoms with Gasteiger partial charge in [-0.2, -0.15) is 0 Å². The fourth-order valence-electron chi connectivity index (χ4n) is 2.46. The average molecular weight is 322 g/mol. The largest absolute Gasteiger partial charge is 0.345 e. The Balaban J connectivity index is 1.54. The molecule has 0 aliphatic carbocycles. The van der Waals surface area contributed by atoms with Crippen molar-refractivity contribution in [3.63, 3.8) is 0 Å². The predicted molar refractivity (Wildman–Crippen MR) is 93.8 cm³/mol. The molecular formula is C18H18N4O2. The lowest BCUT2D eigenvalue weighted by Gasteiger charge is -2.07. The second-order valence-electron chi connectivity index (χ2n) is 5.56. The maximum Gasteiger partial charge on any atom is 0.224 e. The third-order valence-electron chi connectivity index (χ3n) is 3.61. The Labute approximate surface area is 139 Å². The first-order chi connectivity index (χ1) is 11.6. The van der Waals surface area contributed by atoms with Crippen LogP contribution in [0.2, 0.25) is 0 Å². The van der Waals surface area contributed by atoms with E-state index < -0.39 is 0 Å². The van der Waals surface area contributed by atoms with Crippen LogP contribution in [0.1, 0.15) is 18.9 Å². The molecule has 6 heteroatoms. The quantitative estimate of drug-likeness (QED) is 0.674. The van der Waals surface area contributed by atoms with Crippen molar-refractivity contribution in [1.29, 1.82) is 0 Å². The second kappa shape index (κ2) is 6.95. The van der Waals surface area contributed by atoms with Crippen LogP contribution in [0.3, 0.4) is 0 Å². The van der Waals surface area contributed by atoms with Crippen LogP contribution in [0, 0.1) is 0 Å². The molecule has 0 fully saturated rings. The number of carbonyl (C=O) groups is 2. The standard InChI is InChI=1S/C18H18N4O2/c1-12(23)21-14-4-6-15(7-5-14)22-18(24)9-3-13-2-8-16-17(10-13)20-11-19-16/h2,4-8,10-11H,3,9H2,1H3,(H,19,20)(H,21,23)(H,22,24). The minimum absolute atomic E-state index is 0.0491. The van der Waals surface area contributed by atoms with E-state index in [0.29, 0.717) is 24.2 Å². The number of hydrogen-bond donors (Lipinski definition) is 3. The molecule has 0 saturated heterocycles. The molecular weight excluding hydrogens is 304 g/mol. The van der Waals surface area contributed by atoms with Crippen LogP contribution >= 0.6 is 0 Å². The second-order valence-corrected chi connectivity index (χ2v) is 5.56. The van der Waals surface area contributed by atoms with Crippen LogP contribution in [-0.4, -0.2) is 21.8 Å². The Morgan fingerprint density at radius 3 is 2.46 bits per heavy atom. The van der Waals surface area contributed by atoms with Crippen molar-refractivity contribution in [2.45, 2.75) is 19.8 Å². The maximum absolute atomic E-state index is 12.1. The number of rotatable bonds is 5. The van der Waals surface area contributed by atoms with Crippen molar-refractivity contribution in [3.05, 3.63) is 54.4 Å². The SMILES string of the molecule is CC(=O)Nc1ccc(NC(=O)CCc2ccc3nc[nH]c3c2)cc1. The maximum atomic E-state index is 12.1. The van der Waals surface area contributed by atoms with Crippen LogP contribution in [0.25, 0.3) is 11.0 Å². The molecule has 24 heavy (non-hydrogen) atoms. The molecule has 2 amide bonds. The molecule has 1 heterocycles. The van der Waals surface area contributed by atoms with Gasteiger partial charge in [-0.25, -0.2) is 4.98 Å². The molecule has 0 saturated carbocycles. The highest BCUT2D eigenvalue weighted by molar-refractivity contribution is 5.92. The fourth-order valence-corrected chi connectivity index (χ4v) is 2.46. The molecule has 1 aromatic heterocycles. The van der Waals surface area contributed by atoms with Gasteiger partial charge in [-0.1, -0.05) is 6.07 Å². The van der Waals surface area contributed by atoms with Gasteiger partial charge in [-0.3, -0.25) is 9.59 Å². The number of nitrogens with zero attached hydrogens (tertiary/aromatic N) is 1. The molecule has 0 aliphatic heterocycles. The number of nitrogens with one attached hydrogen (secondary N) is 3. The molecule has 0 atom stereocenters. The van der Waals surface area contributed by atoms with Gasteiger partial charge in [0, 0.05) is 24.7 Å². The Morgan fingerprint density at radius 1 is 1.04 bits per heavy atom. The summed E-state index contributed by atoms with van der Waals surface area (Å²) in [4.78, 5) is 30.3. The summed E-state index contributed by atoms with van der Waals surface area (Å²) < 4.78 is 0. The summed E-state index contributed by atoms with van der Waals surface area (Å²) >= 11 is 0.